The molecule has 150 valence electrons. The van der Waals surface area contributed by atoms with Crippen LogP contribution in [0.15, 0.2) is 41.1 Å². The Labute approximate surface area is 172 Å². The van der Waals surface area contributed by atoms with Crippen molar-refractivity contribution >= 4 is 23.0 Å². The first-order valence-electron chi connectivity index (χ1n) is 9.71. The number of piperidine rings is 1. The van der Waals surface area contributed by atoms with E-state index in [2.05, 4.69) is 15.2 Å². The van der Waals surface area contributed by atoms with E-state index < -0.39 is 0 Å². The molecule has 0 aromatic carbocycles. The molecule has 29 heavy (non-hydrogen) atoms. The molecule has 3 aromatic rings. The smallest absolute Gasteiger partial charge is 0.257 e. The lowest BCUT2D eigenvalue weighted by Gasteiger charge is -2.32. The Morgan fingerprint density at radius 3 is 2.93 bits per heavy atom. The molecule has 4 heterocycles. The SMILES string of the molecule is Cc1ccc(-c2nnc(CCC(=O)N3CCCC(C(=O)c4cccnc4)C3)o2)s1. The molecule has 0 saturated carbocycles. The van der Waals surface area contributed by atoms with Crippen LogP contribution in [0.5, 0.6) is 0 Å². The molecule has 1 atom stereocenters. The van der Waals surface area contributed by atoms with E-state index in [-0.39, 0.29) is 17.6 Å². The maximum absolute atomic E-state index is 12.7. The van der Waals surface area contributed by atoms with Crippen LogP contribution >= 0.6 is 11.3 Å². The van der Waals surface area contributed by atoms with E-state index in [0.29, 0.717) is 43.3 Å². The molecular formula is C21H22N4O3S. The third-order valence-electron chi connectivity index (χ3n) is 5.06. The predicted molar refractivity (Wildman–Crippen MR) is 109 cm³/mol. The van der Waals surface area contributed by atoms with Gasteiger partial charge in [-0.25, -0.2) is 0 Å². The molecule has 0 spiro atoms. The van der Waals surface area contributed by atoms with Crippen molar-refractivity contribution < 1.29 is 14.0 Å². The summed E-state index contributed by atoms with van der Waals surface area (Å²) >= 11 is 1.59. The van der Waals surface area contributed by atoms with E-state index >= 15 is 0 Å². The van der Waals surface area contributed by atoms with E-state index in [9.17, 15) is 9.59 Å². The Bertz CT molecular complexity index is 998. The van der Waals surface area contributed by atoms with Crippen LogP contribution in [0.4, 0.5) is 0 Å². The second-order valence-electron chi connectivity index (χ2n) is 7.20. The minimum Gasteiger partial charge on any atom is -0.420 e. The lowest BCUT2D eigenvalue weighted by atomic mass is 9.90. The van der Waals surface area contributed by atoms with Gasteiger partial charge in [0.15, 0.2) is 5.78 Å². The van der Waals surface area contributed by atoms with Crippen LogP contribution in [0.2, 0.25) is 0 Å². The highest BCUT2D eigenvalue weighted by molar-refractivity contribution is 7.15. The Morgan fingerprint density at radius 2 is 2.17 bits per heavy atom. The number of likely N-dealkylation sites (tertiary alicyclic amines) is 1. The number of carbonyl (C=O) groups excluding carboxylic acids is 2. The normalized spacial score (nSPS) is 16.7. The van der Waals surface area contributed by atoms with E-state index in [4.69, 9.17) is 4.42 Å². The van der Waals surface area contributed by atoms with Crippen molar-refractivity contribution in [1.82, 2.24) is 20.1 Å². The average Bonchev–Trinajstić information content (AvgIpc) is 3.41. The Morgan fingerprint density at radius 1 is 1.28 bits per heavy atom. The zero-order valence-corrected chi connectivity index (χ0v) is 17.0. The Balaban J connectivity index is 1.33. The number of ketones is 1. The molecule has 1 unspecified atom stereocenters. The summed E-state index contributed by atoms with van der Waals surface area (Å²) in [5.41, 5.74) is 0.606. The third kappa shape index (κ3) is 4.59. The first kappa shape index (κ1) is 19.4. The first-order chi connectivity index (χ1) is 14.1. The molecule has 1 amide bonds. The number of Topliss-reactive ketones (excluding diaryl/α,β-unsaturated/α-hetero) is 1. The van der Waals surface area contributed by atoms with Crippen LogP contribution < -0.4 is 0 Å². The molecule has 0 N–H and O–H groups in total. The number of carbonyl (C=O) groups is 2. The quantitative estimate of drug-likeness (QED) is 0.577. The Kier molecular flexibility index (Phi) is 5.80. The maximum atomic E-state index is 12.7. The predicted octanol–water partition coefficient (Wildman–Crippen LogP) is 3.56. The van der Waals surface area contributed by atoms with E-state index in [1.807, 2.05) is 19.1 Å². The van der Waals surface area contributed by atoms with Crippen molar-refractivity contribution in [2.24, 2.45) is 5.92 Å². The number of hydrogen-bond acceptors (Lipinski definition) is 7. The van der Waals surface area contributed by atoms with Gasteiger partial charge in [0, 0.05) is 54.7 Å². The van der Waals surface area contributed by atoms with Gasteiger partial charge in [-0.1, -0.05) is 0 Å². The molecule has 3 aromatic heterocycles. The highest BCUT2D eigenvalue weighted by atomic mass is 32.1. The molecule has 7 nitrogen and oxygen atoms in total. The molecule has 4 rings (SSSR count). The lowest BCUT2D eigenvalue weighted by Crippen LogP contribution is -2.42. The van der Waals surface area contributed by atoms with Gasteiger partial charge in [0.2, 0.25) is 11.8 Å². The Hall–Kier alpha value is -2.87. The van der Waals surface area contributed by atoms with E-state index in [0.717, 1.165) is 17.7 Å². The van der Waals surface area contributed by atoms with Gasteiger partial charge in [0.25, 0.3) is 5.89 Å². The van der Waals surface area contributed by atoms with Crippen LogP contribution in [0, 0.1) is 12.8 Å². The second-order valence-corrected chi connectivity index (χ2v) is 8.48. The average molecular weight is 410 g/mol. The van der Waals surface area contributed by atoms with Gasteiger partial charge in [0.1, 0.15) is 0 Å². The molecule has 8 heteroatoms. The van der Waals surface area contributed by atoms with Gasteiger partial charge in [-0.3, -0.25) is 14.6 Å². The first-order valence-corrected chi connectivity index (χ1v) is 10.5. The van der Waals surface area contributed by atoms with Gasteiger partial charge in [-0.15, -0.1) is 21.5 Å². The molecule has 1 aliphatic rings. The standard InChI is InChI=1S/C21H22N4O3S/c1-14-6-7-17(29-14)21-24-23-18(28-21)8-9-19(26)25-11-3-5-16(13-25)20(27)15-4-2-10-22-12-15/h2,4,6-7,10,12,16H,3,5,8-9,11,13H2,1H3. The summed E-state index contributed by atoms with van der Waals surface area (Å²) in [5.74, 6) is 0.850. The number of pyridine rings is 1. The third-order valence-corrected chi connectivity index (χ3v) is 6.05. The largest absolute Gasteiger partial charge is 0.420 e. The molecule has 0 radical (unpaired) electrons. The lowest BCUT2D eigenvalue weighted by molar-refractivity contribution is -0.132. The van der Waals surface area contributed by atoms with E-state index in [1.54, 1.807) is 40.8 Å². The number of aromatic nitrogens is 3. The second kappa shape index (κ2) is 8.65. The summed E-state index contributed by atoms with van der Waals surface area (Å²) in [4.78, 5) is 33.3. The zero-order chi connectivity index (χ0) is 20.2. The topological polar surface area (TPSA) is 89.2 Å². The van der Waals surface area contributed by atoms with Crippen LogP contribution in [0.1, 0.15) is 40.4 Å². The minimum absolute atomic E-state index is 0.0143. The van der Waals surface area contributed by atoms with Gasteiger partial charge in [-0.2, -0.15) is 0 Å². The number of nitrogens with zero attached hydrogens (tertiary/aromatic N) is 4. The van der Waals surface area contributed by atoms with Crippen molar-refractivity contribution in [3.8, 4) is 10.8 Å². The van der Waals surface area contributed by atoms with E-state index in [1.165, 1.54) is 4.88 Å². The minimum atomic E-state index is -0.172. The summed E-state index contributed by atoms with van der Waals surface area (Å²) < 4.78 is 5.69. The summed E-state index contributed by atoms with van der Waals surface area (Å²) in [6, 6.07) is 7.50. The zero-order valence-electron chi connectivity index (χ0n) is 16.2. The van der Waals surface area contributed by atoms with Crippen molar-refractivity contribution in [2.45, 2.75) is 32.6 Å². The van der Waals surface area contributed by atoms with Crippen LogP contribution in [-0.2, 0) is 11.2 Å². The van der Waals surface area contributed by atoms with Crippen molar-refractivity contribution in [3.63, 3.8) is 0 Å². The van der Waals surface area contributed by atoms with Gasteiger partial charge in [-0.05, 0) is 44.0 Å². The monoisotopic (exact) mass is 410 g/mol. The molecule has 1 saturated heterocycles. The molecule has 0 bridgehead atoms. The maximum Gasteiger partial charge on any atom is 0.257 e. The number of hydrogen-bond donors (Lipinski definition) is 0. The summed E-state index contributed by atoms with van der Waals surface area (Å²) in [6.07, 6.45) is 5.55. The van der Waals surface area contributed by atoms with Crippen molar-refractivity contribution in [3.05, 3.63) is 53.0 Å². The molecule has 1 aliphatic heterocycles. The molecular weight excluding hydrogens is 388 g/mol. The molecule has 1 fully saturated rings. The number of thiophene rings is 1. The van der Waals surface area contributed by atoms with Crippen molar-refractivity contribution in [1.29, 1.82) is 0 Å². The molecule has 0 aliphatic carbocycles. The van der Waals surface area contributed by atoms with Crippen LogP contribution in [0.3, 0.4) is 0 Å². The van der Waals surface area contributed by atoms with Crippen molar-refractivity contribution in [2.75, 3.05) is 13.1 Å². The highest BCUT2D eigenvalue weighted by Crippen LogP contribution is 2.27. The fourth-order valence-corrected chi connectivity index (χ4v) is 4.33. The number of aryl methyl sites for hydroxylation is 2. The fraction of sp³-hybridized carbons (Fsp3) is 0.381. The van der Waals surface area contributed by atoms with Gasteiger partial charge < -0.3 is 9.32 Å². The van der Waals surface area contributed by atoms with Gasteiger partial charge >= 0.3 is 0 Å². The van der Waals surface area contributed by atoms with Crippen LogP contribution in [-0.4, -0.2) is 44.9 Å². The summed E-state index contributed by atoms with van der Waals surface area (Å²) in [6.45, 7) is 3.16. The summed E-state index contributed by atoms with van der Waals surface area (Å²) in [7, 11) is 0. The summed E-state index contributed by atoms with van der Waals surface area (Å²) in [5, 5.41) is 8.14. The fourth-order valence-electron chi connectivity index (χ4n) is 3.54. The number of amides is 1. The highest BCUT2D eigenvalue weighted by Gasteiger charge is 2.29. The number of rotatable bonds is 6. The van der Waals surface area contributed by atoms with Crippen LogP contribution in [0.25, 0.3) is 10.8 Å². The van der Waals surface area contributed by atoms with Gasteiger partial charge in [0.05, 0.1) is 4.88 Å².